The number of hydrogen-bond acceptors (Lipinski definition) is 2. The second-order valence-electron chi connectivity index (χ2n) is 8.07. The lowest BCUT2D eigenvalue weighted by molar-refractivity contribution is -0.143. The van der Waals surface area contributed by atoms with Crippen LogP contribution in [0.25, 0.3) is 0 Å². The van der Waals surface area contributed by atoms with Crippen LogP contribution in [-0.4, -0.2) is 37.1 Å². The molecule has 2 heterocycles. The lowest BCUT2D eigenvalue weighted by Crippen LogP contribution is -2.52. The molecule has 1 aromatic rings. The van der Waals surface area contributed by atoms with Crippen molar-refractivity contribution in [3.8, 4) is 0 Å². The van der Waals surface area contributed by atoms with Gasteiger partial charge in [-0.05, 0) is 55.6 Å². The molecule has 0 unspecified atom stereocenters. The van der Waals surface area contributed by atoms with E-state index in [0.29, 0.717) is 37.0 Å². The van der Waals surface area contributed by atoms with Gasteiger partial charge in [0.25, 0.3) is 0 Å². The van der Waals surface area contributed by atoms with E-state index in [2.05, 4.69) is 0 Å². The van der Waals surface area contributed by atoms with E-state index >= 15 is 0 Å². The standard InChI is InChI=1S/C20H24F3NO2/c21-20(22,23)16-3-1-2-15(14-16)19(8-12-26-13-9-19)17(25)24-10-6-18(4-5-18)7-11-24/h1-3,14H,4-13H2. The highest BCUT2D eigenvalue weighted by molar-refractivity contribution is 5.88. The molecule has 1 saturated carbocycles. The van der Waals surface area contributed by atoms with Crippen LogP contribution in [-0.2, 0) is 21.1 Å². The molecule has 2 saturated heterocycles. The number of likely N-dealkylation sites (tertiary alicyclic amines) is 1. The van der Waals surface area contributed by atoms with Crippen LogP contribution in [0.1, 0.15) is 49.7 Å². The van der Waals surface area contributed by atoms with Gasteiger partial charge in [-0.25, -0.2) is 0 Å². The summed E-state index contributed by atoms with van der Waals surface area (Å²) in [6.45, 7) is 2.25. The molecule has 1 spiro atoms. The largest absolute Gasteiger partial charge is 0.416 e. The predicted molar refractivity (Wildman–Crippen MR) is 90.7 cm³/mol. The van der Waals surface area contributed by atoms with E-state index in [1.807, 2.05) is 4.90 Å². The van der Waals surface area contributed by atoms with E-state index in [4.69, 9.17) is 4.74 Å². The number of alkyl halides is 3. The molecular formula is C20H24F3NO2. The molecular weight excluding hydrogens is 343 g/mol. The van der Waals surface area contributed by atoms with E-state index in [9.17, 15) is 18.0 Å². The van der Waals surface area contributed by atoms with Crippen molar-refractivity contribution in [1.82, 2.24) is 4.90 Å². The molecule has 3 nitrogen and oxygen atoms in total. The maximum absolute atomic E-state index is 13.5. The highest BCUT2D eigenvalue weighted by atomic mass is 19.4. The number of amides is 1. The van der Waals surface area contributed by atoms with E-state index in [1.54, 1.807) is 6.07 Å². The molecule has 0 bridgehead atoms. The molecule has 4 rings (SSSR count). The van der Waals surface area contributed by atoms with Gasteiger partial charge in [0.1, 0.15) is 0 Å². The Bertz CT molecular complexity index is 681. The molecule has 3 fully saturated rings. The Labute approximate surface area is 151 Å². The van der Waals surface area contributed by atoms with Gasteiger partial charge in [0, 0.05) is 26.3 Å². The summed E-state index contributed by atoms with van der Waals surface area (Å²) in [7, 11) is 0. The molecule has 1 amide bonds. The monoisotopic (exact) mass is 367 g/mol. The van der Waals surface area contributed by atoms with E-state index < -0.39 is 17.2 Å². The minimum atomic E-state index is -4.41. The Morgan fingerprint density at radius 3 is 2.23 bits per heavy atom. The van der Waals surface area contributed by atoms with Gasteiger partial charge in [0.05, 0.1) is 11.0 Å². The van der Waals surface area contributed by atoms with Crippen LogP contribution in [0.15, 0.2) is 24.3 Å². The van der Waals surface area contributed by atoms with Crippen LogP contribution < -0.4 is 0 Å². The Balaban J connectivity index is 1.64. The van der Waals surface area contributed by atoms with Crippen LogP contribution in [0, 0.1) is 5.41 Å². The molecule has 26 heavy (non-hydrogen) atoms. The third kappa shape index (κ3) is 3.13. The molecule has 0 atom stereocenters. The molecule has 1 aliphatic carbocycles. The first-order valence-corrected chi connectivity index (χ1v) is 9.40. The van der Waals surface area contributed by atoms with Crippen molar-refractivity contribution in [3.63, 3.8) is 0 Å². The Kier molecular flexibility index (Phi) is 4.29. The SMILES string of the molecule is O=C(N1CCC2(CC1)CC2)C1(c2cccc(C(F)(F)F)c2)CCOCC1. The number of ether oxygens (including phenoxy) is 1. The first kappa shape index (κ1) is 17.8. The second-order valence-corrected chi connectivity index (χ2v) is 8.07. The summed E-state index contributed by atoms with van der Waals surface area (Å²) in [5, 5.41) is 0. The number of carbonyl (C=O) groups excluding carboxylic acids is 1. The average Bonchev–Trinajstić information content (AvgIpc) is 3.41. The van der Waals surface area contributed by atoms with Gasteiger partial charge in [-0.3, -0.25) is 4.79 Å². The normalized spacial score (nSPS) is 24.5. The number of halogens is 3. The highest BCUT2D eigenvalue weighted by Crippen LogP contribution is 2.54. The lowest BCUT2D eigenvalue weighted by atomic mass is 9.72. The summed E-state index contributed by atoms with van der Waals surface area (Å²) in [6, 6.07) is 5.32. The van der Waals surface area contributed by atoms with Crippen molar-refractivity contribution in [2.45, 2.75) is 50.1 Å². The summed E-state index contributed by atoms with van der Waals surface area (Å²) in [5.74, 6) is -0.0179. The van der Waals surface area contributed by atoms with Crippen LogP contribution in [0.2, 0.25) is 0 Å². The summed E-state index contributed by atoms with van der Waals surface area (Å²) in [5.41, 5.74) is -0.653. The molecule has 6 heteroatoms. The van der Waals surface area contributed by atoms with Crippen molar-refractivity contribution in [1.29, 1.82) is 0 Å². The van der Waals surface area contributed by atoms with Gasteiger partial charge in [-0.1, -0.05) is 18.2 Å². The minimum Gasteiger partial charge on any atom is -0.381 e. The van der Waals surface area contributed by atoms with Crippen LogP contribution in [0.5, 0.6) is 0 Å². The summed E-state index contributed by atoms with van der Waals surface area (Å²) >= 11 is 0. The number of carbonyl (C=O) groups is 1. The fourth-order valence-electron chi connectivity index (χ4n) is 4.50. The zero-order valence-electron chi connectivity index (χ0n) is 14.8. The fourth-order valence-corrected chi connectivity index (χ4v) is 4.50. The number of nitrogens with zero attached hydrogens (tertiary/aromatic N) is 1. The van der Waals surface area contributed by atoms with Gasteiger partial charge in [-0.2, -0.15) is 13.2 Å². The topological polar surface area (TPSA) is 29.5 Å². The van der Waals surface area contributed by atoms with Gasteiger partial charge in [0.15, 0.2) is 0 Å². The predicted octanol–water partition coefficient (Wildman–Crippen LogP) is 4.16. The first-order valence-electron chi connectivity index (χ1n) is 9.40. The fraction of sp³-hybridized carbons (Fsp3) is 0.650. The van der Waals surface area contributed by atoms with Crippen LogP contribution in [0.4, 0.5) is 13.2 Å². The zero-order valence-corrected chi connectivity index (χ0v) is 14.8. The molecule has 0 radical (unpaired) electrons. The third-order valence-corrected chi connectivity index (χ3v) is 6.57. The van der Waals surface area contributed by atoms with Crippen molar-refractivity contribution in [2.24, 2.45) is 5.41 Å². The Morgan fingerprint density at radius 1 is 1.00 bits per heavy atom. The quantitative estimate of drug-likeness (QED) is 0.786. The van der Waals surface area contributed by atoms with E-state index in [-0.39, 0.29) is 5.91 Å². The Morgan fingerprint density at radius 2 is 1.65 bits per heavy atom. The summed E-state index contributed by atoms with van der Waals surface area (Å²) < 4.78 is 45.0. The highest BCUT2D eigenvalue weighted by Gasteiger charge is 2.49. The first-order chi connectivity index (χ1) is 12.3. The molecule has 3 aliphatic rings. The van der Waals surface area contributed by atoms with Crippen molar-refractivity contribution in [3.05, 3.63) is 35.4 Å². The van der Waals surface area contributed by atoms with Gasteiger partial charge >= 0.3 is 6.18 Å². The van der Waals surface area contributed by atoms with Crippen molar-refractivity contribution < 1.29 is 22.7 Å². The zero-order chi connectivity index (χ0) is 18.4. The van der Waals surface area contributed by atoms with Gasteiger partial charge in [0.2, 0.25) is 5.91 Å². The maximum atomic E-state index is 13.5. The van der Waals surface area contributed by atoms with E-state index in [1.165, 1.54) is 18.9 Å². The van der Waals surface area contributed by atoms with Crippen LogP contribution in [0.3, 0.4) is 0 Å². The number of benzene rings is 1. The lowest BCUT2D eigenvalue weighted by Gasteiger charge is -2.42. The second kappa shape index (κ2) is 6.25. The molecule has 1 aromatic carbocycles. The molecule has 0 aromatic heterocycles. The summed E-state index contributed by atoms with van der Waals surface area (Å²) in [4.78, 5) is 15.3. The van der Waals surface area contributed by atoms with Crippen molar-refractivity contribution in [2.75, 3.05) is 26.3 Å². The molecule has 142 valence electrons. The van der Waals surface area contributed by atoms with Gasteiger partial charge in [-0.15, -0.1) is 0 Å². The number of hydrogen-bond donors (Lipinski definition) is 0. The summed E-state index contributed by atoms with van der Waals surface area (Å²) in [6.07, 6.45) is 1.02. The number of rotatable bonds is 2. The minimum absolute atomic E-state index is 0.0179. The average molecular weight is 367 g/mol. The van der Waals surface area contributed by atoms with E-state index in [0.717, 1.165) is 38.1 Å². The maximum Gasteiger partial charge on any atom is 0.416 e. The molecule has 0 N–H and O–H groups in total. The Hall–Kier alpha value is -1.56. The molecule has 2 aliphatic heterocycles. The smallest absolute Gasteiger partial charge is 0.381 e. The van der Waals surface area contributed by atoms with Crippen molar-refractivity contribution >= 4 is 5.91 Å². The number of piperidine rings is 1. The van der Waals surface area contributed by atoms with Gasteiger partial charge < -0.3 is 9.64 Å². The third-order valence-electron chi connectivity index (χ3n) is 6.57. The van der Waals surface area contributed by atoms with Crippen LogP contribution >= 0.6 is 0 Å².